The van der Waals surface area contributed by atoms with Crippen molar-refractivity contribution in [1.29, 1.82) is 0 Å². The largest absolute Gasteiger partial charge is 0.495 e. The number of methoxy groups -OCH3 is 1. The quantitative estimate of drug-likeness (QED) is 0.821. The highest BCUT2D eigenvalue weighted by Gasteiger charge is 2.31. The monoisotopic (exact) mass is 388 g/mol. The number of halogens is 3. The number of hydrogen-bond donors (Lipinski definition) is 2. The number of carbonyl (C=O) groups is 1. The first-order valence-electron chi connectivity index (χ1n) is 7.18. The Bertz CT molecular complexity index is 927. The molecule has 140 valence electrons. The molecular formula is C16H15F3N2O4S. The highest BCUT2D eigenvalue weighted by molar-refractivity contribution is 7.92. The molecule has 0 radical (unpaired) electrons. The van der Waals surface area contributed by atoms with E-state index in [0.717, 1.165) is 18.2 Å². The van der Waals surface area contributed by atoms with Crippen molar-refractivity contribution < 1.29 is 31.1 Å². The van der Waals surface area contributed by atoms with E-state index in [9.17, 15) is 26.4 Å². The zero-order valence-corrected chi connectivity index (χ0v) is 14.5. The number of anilines is 2. The summed E-state index contributed by atoms with van der Waals surface area (Å²) in [5.41, 5.74) is -1.05. The smallest absolute Gasteiger partial charge is 0.416 e. The van der Waals surface area contributed by atoms with Crippen LogP contribution in [-0.2, 0) is 21.0 Å². The van der Waals surface area contributed by atoms with Crippen LogP contribution in [0.1, 0.15) is 12.5 Å². The number of hydrogen-bond acceptors (Lipinski definition) is 4. The van der Waals surface area contributed by atoms with Crippen LogP contribution >= 0.6 is 0 Å². The fraction of sp³-hybridized carbons (Fsp3) is 0.188. The molecule has 0 saturated heterocycles. The Balaban J connectivity index is 2.43. The van der Waals surface area contributed by atoms with Crippen molar-refractivity contribution in [3.63, 3.8) is 0 Å². The van der Waals surface area contributed by atoms with E-state index in [1.54, 1.807) is 0 Å². The Labute approximate surface area is 148 Å². The topological polar surface area (TPSA) is 84.5 Å². The number of rotatable bonds is 5. The molecule has 6 nitrogen and oxygen atoms in total. The molecular weight excluding hydrogens is 373 g/mol. The Hall–Kier alpha value is -2.75. The number of amides is 1. The van der Waals surface area contributed by atoms with Crippen LogP contribution in [0.2, 0.25) is 0 Å². The maximum Gasteiger partial charge on any atom is 0.416 e. The van der Waals surface area contributed by atoms with Gasteiger partial charge in [-0.15, -0.1) is 0 Å². The number of carbonyl (C=O) groups excluding carboxylic acids is 1. The van der Waals surface area contributed by atoms with Crippen molar-refractivity contribution in [2.45, 2.75) is 18.0 Å². The SMILES string of the molecule is COc1ccc(NC(C)=O)cc1S(=O)(=O)Nc1cccc(C(F)(F)F)c1. The zero-order chi connectivity index (χ0) is 19.5. The summed E-state index contributed by atoms with van der Waals surface area (Å²) in [7, 11) is -3.02. The number of sulfonamides is 1. The van der Waals surface area contributed by atoms with Gasteiger partial charge in [0.1, 0.15) is 10.6 Å². The summed E-state index contributed by atoms with van der Waals surface area (Å²) < 4.78 is 70.6. The van der Waals surface area contributed by atoms with Crippen LogP contribution in [0.3, 0.4) is 0 Å². The third kappa shape index (κ3) is 4.66. The first-order valence-corrected chi connectivity index (χ1v) is 8.67. The van der Waals surface area contributed by atoms with E-state index >= 15 is 0 Å². The molecule has 0 aliphatic rings. The lowest BCUT2D eigenvalue weighted by atomic mass is 10.2. The molecule has 26 heavy (non-hydrogen) atoms. The van der Waals surface area contributed by atoms with E-state index in [0.29, 0.717) is 6.07 Å². The van der Waals surface area contributed by atoms with Gasteiger partial charge in [0.15, 0.2) is 0 Å². The average Bonchev–Trinajstić information content (AvgIpc) is 2.53. The molecule has 0 bridgehead atoms. The minimum Gasteiger partial charge on any atom is -0.495 e. The molecule has 1 amide bonds. The Kier molecular flexibility index (Phi) is 5.45. The minimum atomic E-state index is -4.61. The number of benzene rings is 2. The molecule has 2 N–H and O–H groups in total. The standard InChI is InChI=1S/C16H15F3N2O4S/c1-10(22)20-12-6-7-14(25-2)15(9-12)26(23,24)21-13-5-3-4-11(8-13)16(17,18)19/h3-9,21H,1-2H3,(H,20,22). The summed E-state index contributed by atoms with van der Waals surface area (Å²) in [4.78, 5) is 10.8. The van der Waals surface area contributed by atoms with Crippen LogP contribution in [0.15, 0.2) is 47.4 Å². The summed E-state index contributed by atoms with van der Waals surface area (Å²) in [6, 6.07) is 7.70. The molecule has 0 aliphatic carbocycles. The molecule has 2 aromatic carbocycles. The van der Waals surface area contributed by atoms with Crippen LogP contribution in [-0.4, -0.2) is 21.4 Å². The lowest BCUT2D eigenvalue weighted by Gasteiger charge is -2.14. The Morgan fingerprint density at radius 2 is 1.77 bits per heavy atom. The molecule has 0 spiro atoms. The summed E-state index contributed by atoms with van der Waals surface area (Å²) in [6.07, 6.45) is -4.61. The van der Waals surface area contributed by atoms with Gasteiger partial charge in [-0.05, 0) is 36.4 Å². The van der Waals surface area contributed by atoms with Crippen LogP contribution in [0.5, 0.6) is 5.75 Å². The Morgan fingerprint density at radius 3 is 2.35 bits per heavy atom. The maximum absolute atomic E-state index is 12.8. The molecule has 2 rings (SSSR count). The van der Waals surface area contributed by atoms with Crippen molar-refractivity contribution >= 4 is 27.3 Å². The van der Waals surface area contributed by atoms with E-state index in [4.69, 9.17) is 4.74 Å². The van der Waals surface area contributed by atoms with Crippen LogP contribution in [0, 0.1) is 0 Å². The number of alkyl halides is 3. The van der Waals surface area contributed by atoms with Crippen molar-refractivity contribution in [3.05, 3.63) is 48.0 Å². The zero-order valence-electron chi connectivity index (χ0n) is 13.7. The molecule has 0 aromatic heterocycles. The van der Waals surface area contributed by atoms with Gasteiger partial charge in [0, 0.05) is 18.3 Å². The summed E-state index contributed by atoms with van der Waals surface area (Å²) in [5.74, 6) is -0.442. The van der Waals surface area contributed by atoms with Crippen molar-refractivity contribution in [2.24, 2.45) is 0 Å². The van der Waals surface area contributed by atoms with Crippen molar-refractivity contribution in [3.8, 4) is 5.75 Å². The maximum atomic E-state index is 12.8. The number of nitrogens with one attached hydrogen (secondary N) is 2. The predicted octanol–water partition coefficient (Wildman–Crippen LogP) is 3.47. The second-order valence-electron chi connectivity index (χ2n) is 5.23. The molecule has 0 atom stereocenters. The van der Waals surface area contributed by atoms with E-state index in [1.807, 2.05) is 0 Å². The highest BCUT2D eigenvalue weighted by atomic mass is 32.2. The van der Waals surface area contributed by atoms with Crippen LogP contribution in [0.4, 0.5) is 24.5 Å². The normalized spacial score (nSPS) is 11.7. The number of ether oxygens (including phenoxy) is 1. The van der Waals surface area contributed by atoms with Gasteiger partial charge in [0.05, 0.1) is 12.7 Å². The summed E-state index contributed by atoms with van der Waals surface area (Å²) in [5, 5.41) is 2.43. The molecule has 0 unspecified atom stereocenters. The minimum absolute atomic E-state index is 0.0291. The predicted molar refractivity (Wildman–Crippen MR) is 89.6 cm³/mol. The average molecular weight is 388 g/mol. The van der Waals surface area contributed by atoms with E-state index in [-0.39, 0.29) is 22.0 Å². The third-order valence-electron chi connectivity index (χ3n) is 3.22. The van der Waals surface area contributed by atoms with Crippen LogP contribution < -0.4 is 14.8 Å². The second-order valence-corrected chi connectivity index (χ2v) is 6.88. The fourth-order valence-corrected chi connectivity index (χ4v) is 3.38. The molecule has 0 fully saturated rings. The van der Waals surface area contributed by atoms with E-state index in [1.165, 1.54) is 32.2 Å². The lowest BCUT2D eigenvalue weighted by molar-refractivity contribution is -0.137. The van der Waals surface area contributed by atoms with Gasteiger partial charge in [-0.3, -0.25) is 9.52 Å². The first-order chi connectivity index (χ1) is 12.0. The van der Waals surface area contributed by atoms with Crippen molar-refractivity contribution in [2.75, 3.05) is 17.1 Å². The van der Waals surface area contributed by atoms with Gasteiger partial charge in [0.25, 0.3) is 10.0 Å². The van der Waals surface area contributed by atoms with Gasteiger partial charge in [-0.1, -0.05) is 6.07 Å². The van der Waals surface area contributed by atoms with Gasteiger partial charge in [0.2, 0.25) is 5.91 Å². The third-order valence-corrected chi connectivity index (χ3v) is 4.62. The van der Waals surface area contributed by atoms with Gasteiger partial charge in [-0.2, -0.15) is 13.2 Å². The highest BCUT2D eigenvalue weighted by Crippen LogP contribution is 2.32. The fourth-order valence-electron chi connectivity index (χ4n) is 2.14. The van der Waals surface area contributed by atoms with Gasteiger partial charge < -0.3 is 10.1 Å². The molecule has 0 saturated carbocycles. The van der Waals surface area contributed by atoms with Crippen LogP contribution in [0.25, 0.3) is 0 Å². The van der Waals surface area contributed by atoms with E-state index in [2.05, 4.69) is 10.0 Å². The molecule has 0 aliphatic heterocycles. The summed E-state index contributed by atoms with van der Waals surface area (Å²) in [6.45, 7) is 1.25. The Morgan fingerprint density at radius 1 is 1.08 bits per heavy atom. The van der Waals surface area contributed by atoms with E-state index < -0.39 is 27.7 Å². The molecule has 10 heteroatoms. The molecule has 2 aromatic rings. The van der Waals surface area contributed by atoms with Gasteiger partial charge >= 0.3 is 6.18 Å². The van der Waals surface area contributed by atoms with Crippen molar-refractivity contribution in [1.82, 2.24) is 0 Å². The first kappa shape index (κ1) is 19.6. The van der Waals surface area contributed by atoms with Gasteiger partial charge in [-0.25, -0.2) is 8.42 Å². The molecule has 0 heterocycles. The second kappa shape index (κ2) is 7.24. The lowest BCUT2D eigenvalue weighted by Crippen LogP contribution is -2.16. The summed E-state index contributed by atoms with van der Waals surface area (Å²) >= 11 is 0.